The molecule has 0 aliphatic carbocycles. The zero-order chi connectivity index (χ0) is 7.68. The Morgan fingerprint density at radius 3 is 3.00 bits per heavy atom. The summed E-state index contributed by atoms with van der Waals surface area (Å²) in [7, 11) is 0. The van der Waals surface area contributed by atoms with Gasteiger partial charge in [0.2, 0.25) is 0 Å². The van der Waals surface area contributed by atoms with Crippen LogP contribution in [0.3, 0.4) is 0 Å². The summed E-state index contributed by atoms with van der Waals surface area (Å²) in [5, 5.41) is 3.37. The van der Waals surface area contributed by atoms with Crippen LogP contribution in [0.2, 0.25) is 0 Å². The van der Waals surface area contributed by atoms with Crippen molar-refractivity contribution in [2.24, 2.45) is 0 Å². The molecular weight excluding hydrogens is 136 g/mol. The van der Waals surface area contributed by atoms with Gasteiger partial charge in [-0.15, -0.1) is 0 Å². The van der Waals surface area contributed by atoms with Crippen LogP contribution in [0.15, 0.2) is 18.5 Å². The van der Waals surface area contributed by atoms with E-state index in [0.29, 0.717) is 6.04 Å². The summed E-state index contributed by atoms with van der Waals surface area (Å²) in [4.78, 5) is 4.06. The second-order valence-corrected chi connectivity index (χ2v) is 3.03. The van der Waals surface area contributed by atoms with Gasteiger partial charge in [-0.3, -0.25) is 4.98 Å². The smallest absolute Gasteiger partial charge is 0.0336 e. The Morgan fingerprint density at radius 1 is 1.64 bits per heavy atom. The molecule has 1 N–H and O–H groups in total. The highest BCUT2D eigenvalue weighted by molar-refractivity contribution is 5.26. The highest BCUT2D eigenvalue weighted by atomic mass is 15.0. The molecule has 1 aliphatic heterocycles. The summed E-state index contributed by atoms with van der Waals surface area (Å²) in [6.45, 7) is 3.27. The standard InChI is InChI=1S/C9H12N2/c1-7-6-10-4-2-8(7)9-3-5-11-9/h2,4,6,9,11H,3,5H2,1H3/t9-/m0/s1. The summed E-state index contributed by atoms with van der Waals surface area (Å²) in [5.74, 6) is 0. The fraction of sp³-hybridized carbons (Fsp3) is 0.444. The number of aryl methyl sites for hydroxylation is 1. The first-order chi connectivity index (χ1) is 5.38. The fourth-order valence-corrected chi connectivity index (χ4v) is 1.43. The average Bonchev–Trinajstić information content (AvgIpc) is 1.90. The average molecular weight is 148 g/mol. The van der Waals surface area contributed by atoms with Crippen LogP contribution < -0.4 is 5.32 Å². The van der Waals surface area contributed by atoms with Crippen molar-refractivity contribution in [1.29, 1.82) is 0 Å². The lowest BCUT2D eigenvalue weighted by atomic mass is 9.96. The Hall–Kier alpha value is -0.890. The van der Waals surface area contributed by atoms with Crippen molar-refractivity contribution in [3.8, 4) is 0 Å². The monoisotopic (exact) mass is 148 g/mol. The third kappa shape index (κ3) is 1.14. The van der Waals surface area contributed by atoms with Crippen molar-refractivity contribution in [1.82, 2.24) is 10.3 Å². The molecule has 0 saturated carbocycles. The molecule has 0 spiro atoms. The first kappa shape index (κ1) is 6.80. The van der Waals surface area contributed by atoms with Crippen LogP contribution in [0, 0.1) is 6.92 Å². The number of hydrogen-bond acceptors (Lipinski definition) is 2. The maximum absolute atomic E-state index is 4.06. The highest BCUT2D eigenvalue weighted by Crippen LogP contribution is 2.24. The maximum atomic E-state index is 4.06. The quantitative estimate of drug-likeness (QED) is 0.651. The van der Waals surface area contributed by atoms with E-state index in [1.165, 1.54) is 17.5 Å². The topological polar surface area (TPSA) is 24.9 Å². The number of aromatic nitrogens is 1. The molecule has 1 saturated heterocycles. The van der Waals surface area contributed by atoms with Gasteiger partial charge in [-0.25, -0.2) is 0 Å². The molecule has 1 aromatic heterocycles. The first-order valence-electron chi connectivity index (χ1n) is 4.02. The number of nitrogens with one attached hydrogen (secondary N) is 1. The van der Waals surface area contributed by atoms with Gasteiger partial charge in [0.1, 0.15) is 0 Å². The van der Waals surface area contributed by atoms with Gasteiger partial charge < -0.3 is 5.32 Å². The largest absolute Gasteiger partial charge is 0.310 e. The second-order valence-electron chi connectivity index (χ2n) is 3.03. The predicted octanol–water partition coefficient (Wildman–Crippen LogP) is 1.42. The highest BCUT2D eigenvalue weighted by Gasteiger charge is 2.19. The molecule has 2 rings (SSSR count). The number of hydrogen-bond donors (Lipinski definition) is 1. The van der Waals surface area contributed by atoms with Gasteiger partial charge in [0.25, 0.3) is 0 Å². The predicted molar refractivity (Wildman–Crippen MR) is 44.3 cm³/mol. The van der Waals surface area contributed by atoms with Crippen LogP contribution >= 0.6 is 0 Å². The number of rotatable bonds is 1. The van der Waals surface area contributed by atoms with Gasteiger partial charge in [-0.1, -0.05) is 0 Å². The molecule has 1 atom stereocenters. The van der Waals surface area contributed by atoms with Gasteiger partial charge >= 0.3 is 0 Å². The Morgan fingerprint density at radius 2 is 2.45 bits per heavy atom. The molecule has 11 heavy (non-hydrogen) atoms. The Kier molecular flexibility index (Phi) is 1.62. The number of pyridine rings is 1. The van der Waals surface area contributed by atoms with Crippen LogP contribution in [0.5, 0.6) is 0 Å². The van der Waals surface area contributed by atoms with Crippen molar-refractivity contribution in [3.63, 3.8) is 0 Å². The lowest BCUT2D eigenvalue weighted by Crippen LogP contribution is -2.35. The van der Waals surface area contributed by atoms with Crippen LogP contribution in [0.1, 0.15) is 23.6 Å². The zero-order valence-corrected chi connectivity index (χ0v) is 6.67. The summed E-state index contributed by atoms with van der Waals surface area (Å²) < 4.78 is 0. The molecular formula is C9H12N2. The first-order valence-corrected chi connectivity index (χ1v) is 4.02. The molecule has 1 aliphatic rings. The van der Waals surface area contributed by atoms with E-state index in [2.05, 4.69) is 23.3 Å². The SMILES string of the molecule is Cc1cnccc1[C@@H]1CCN1. The van der Waals surface area contributed by atoms with Crippen molar-refractivity contribution in [2.45, 2.75) is 19.4 Å². The van der Waals surface area contributed by atoms with E-state index in [1.54, 1.807) is 0 Å². The molecule has 2 heterocycles. The molecule has 1 fully saturated rings. The second kappa shape index (κ2) is 2.62. The van der Waals surface area contributed by atoms with Crippen LogP contribution in [0.4, 0.5) is 0 Å². The van der Waals surface area contributed by atoms with Gasteiger partial charge in [0.15, 0.2) is 0 Å². The maximum Gasteiger partial charge on any atom is 0.0336 e. The van der Waals surface area contributed by atoms with Gasteiger partial charge in [-0.2, -0.15) is 0 Å². The van der Waals surface area contributed by atoms with Crippen LogP contribution in [-0.2, 0) is 0 Å². The van der Waals surface area contributed by atoms with E-state index in [0.717, 1.165) is 6.54 Å². The normalized spacial score (nSPS) is 22.8. The van der Waals surface area contributed by atoms with Gasteiger partial charge in [0.05, 0.1) is 0 Å². The third-order valence-electron chi connectivity index (χ3n) is 2.26. The van der Waals surface area contributed by atoms with Gasteiger partial charge in [0, 0.05) is 18.4 Å². The Bertz CT molecular complexity index is 253. The third-order valence-corrected chi connectivity index (χ3v) is 2.26. The summed E-state index contributed by atoms with van der Waals surface area (Å²) in [5.41, 5.74) is 2.70. The molecule has 0 amide bonds. The van der Waals surface area contributed by atoms with Crippen molar-refractivity contribution in [3.05, 3.63) is 29.6 Å². The minimum atomic E-state index is 0.595. The van der Waals surface area contributed by atoms with E-state index in [9.17, 15) is 0 Å². The zero-order valence-electron chi connectivity index (χ0n) is 6.67. The minimum absolute atomic E-state index is 0.595. The van der Waals surface area contributed by atoms with E-state index in [-0.39, 0.29) is 0 Å². The molecule has 2 nitrogen and oxygen atoms in total. The summed E-state index contributed by atoms with van der Waals surface area (Å²) in [6, 6.07) is 2.70. The molecule has 0 aromatic carbocycles. The summed E-state index contributed by atoms with van der Waals surface area (Å²) >= 11 is 0. The molecule has 2 heteroatoms. The minimum Gasteiger partial charge on any atom is -0.310 e. The number of nitrogens with zero attached hydrogens (tertiary/aromatic N) is 1. The van der Waals surface area contributed by atoms with Crippen LogP contribution in [-0.4, -0.2) is 11.5 Å². The lowest BCUT2D eigenvalue weighted by Gasteiger charge is -2.28. The Labute approximate surface area is 66.7 Å². The van der Waals surface area contributed by atoms with Crippen molar-refractivity contribution >= 4 is 0 Å². The Balaban J connectivity index is 2.28. The van der Waals surface area contributed by atoms with Crippen molar-refractivity contribution < 1.29 is 0 Å². The van der Waals surface area contributed by atoms with E-state index in [1.807, 2.05) is 12.4 Å². The summed E-state index contributed by atoms with van der Waals surface area (Å²) in [6.07, 6.45) is 5.06. The lowest BCUT2D eigenvalue weighted by molar-refractivity contribution is 0.381. The van der Waals surface area contributed by atoms with E-state index < -0.39 is 0 Å². The fourth-order valence-electron chi connectivity index (χ4n) is 1.43. The molecule has 0 unspecified atom stereocenters. The molecule has 0 bridgehead atoms. The molecule has 1 aromatic rings. The van der Waals surface area contributed by atoms with Gasteiger partial charge in [-0.05, 0) is 37.1 Å². The van der Waals surface area contributed by atoms with E-state index in [4.69, 9.17) is 0 Å². The van der Waals surface area contributed by atoms with Crippen LogP contribution in [0.25, 0.3) is 0 Å². The molecule has 0 radical (unpaired) electrons. The van der Waals surface area contributed by atoms with E-state index >= 15 is 0 Å². The van der Waals surface area contributed by atoms with Crippen molar-refractivity contribution in [2.75, 3.05) is 6.54 Å². The molecule has 58 valence electrons.